The van der Waals surface area contributed by atoms with Crippen molar-refractivity contribution in [1.29, 1.82) is 0 Å². The number of anilines is 1. The molecular weight excluding hydrogens is 330 g/mol. The lowest BCUT2D eigenvalue weighted by Gasteiger charge is -2.22. The minimum absolute atomic E-state index is 0.186. The molecule has 0 aromatic carbocycles. The molecule has 0 aliphatic carbocycles. The number of nitrogens with two attached hydrogens (primary N) is 1. The maximum Gasteiger partial charge on any atom is 0.363 e. The quantitative estimate of drug-likeness (QED) is 0.455. The highest BCUT2D eigenvalue weighted by molar-refractivity contribution is 5.47. The molecule has 10 heteroatoms. The van der Waals surface area contributed by atoms with E-state index in [2.05, 4.69) is 15.0 Å². The van der Waals surface area contributed by atoms with Gasteiger partial charge in [-0.1, -0.05) is 0 Å². The van der Waals surface area contributed by atoms with E-state index in [1.54, 1.807) is 4.90 Å². The molecule has 3 N–H and O–H groups in total. The van der Waals surface area contributed by atoms with Crippen molar-refractivity contribution < 1.29 is 19.2 Å². The number of nitrogen functional groups attached to an aromatic ring is 1. The van der Waals surface area contributed by atoms with E-state index < -0.39 is 4.92 Å². The van der Waals surface area contributed by atoms with Crippen LogP contribution in [-0.4, -0.2) is 59.5 Å². The molecule has 1 aliphatic heterocycles. The van der Waals surface area contributed by atoms with Crippen molar-refractivity contribution in [3.63, 3.8) is 0 Å². The SMILES string of the molecule is CC(C)(C)OC=O.Nc1ccc([N+](=O)[O-])nc1.O=CN1CCNCC1. The molecule has 25 heavy (non-hydrogen) atoms. The summed E-state index contributed by atoms with van der Waals surface area (Å²) < 4.78 is 4.55. The number of nitrogens with one attached hydrogen (secondary N) is 1. The van der Waals surface area contributed by atoms with Gasteiger partial charge >= 0.3 is 5.82 Å². The van der Waals surface area contributed by atoms with E-state index in [9.17, 15) is 19.7 Å². The minimum atomic E-state index is -0.570. The molecule has 2 rings (SSSR count). The largest absolute Gasteiger partial charge is 0.462 e. The van der Waals surface area contributed by atoms with Crippen LogP contribution in [0.3, 0.4) is 0 Å². The van der Waals surface area contributed by atoms with Crippen LogP contribution in [0.4, 0.5) is 11.5 Å². The normalized spacial score (nSPS) is 13.3. The van der Waals surface area contributed by atoms with E-state index in [1.807, 2.05) is 20.8 Å². The standard InChI is InChI=1S/C5H5N3O2.C5H10N2O.C5H10O2/c6-4-1-2-5(7-3-4)8(9)10;8-5-7-3-1-6-2-4-7;1-5(2,3)7-4-6/h1-3H,6H2;5-6H,1-4H2;4H,1-3H3. The number of rotatable bonds is 3. The first-order valence-electron chi connectivity index (χ1n) is 7.57. The van der Waals surface area contributed by atoms with Gasteiger partial charge in [0.05, 0.1) is 5.69 Å². The molecule has 2 heterocycles. The molecule has 1 amide bonds. The lowest BCUT2D eigenvalue weighted by atomic mass is 10.2. The van der Waals surface area contributed by atoms with Crippen molar-refractivity contribution in [3.05, 3.63) is 28.4 Å². The van der Waals surface area contributed by atoms with E-state index in [0.29, 0.717) is 12.2 Å². The predicted molar refractivity (Wildman–Crippen MR) is 92.7 cm³/mol. The molecule has 140 valence electrons. The van der Waals surface area contributed by atoms with E-state index in [-0.39, 0.29) is 11.4 Å². The van der Waals surface area contributed by atoms with Gasteiger partial charge in [0.1, 0.15) is 5.60 Å². The topological polar surface area (TPSA) is 141 Å². The Labute approximate surface area is 146 Å². The van der Waals surface area contributed by atoms with Crippen molar-refractivity contribution in [2.24, 2.45) is 0 Å². The predicted octanol–water partition coefficient (Wildman–Crippen LogP) is 0.578. The lowest BCUT2D eigenvalue weighted by molar-refractivity contribution is -0.389. The number of nitro groups is 1. The molecule has 1 fully saturated rings. The zero-order valence-corrected chi connectivity index (χ0v) is 14.7. The summed E-state index contributed by atoms with van der Waals surface area (Å²) in [5.41, 5.74) is 5.35. The molecule has 0 bridgehead atoms. The van der Waals surface area contributed by atoms with Gasteiger partial charge in [-0.15, -0.1) is 0 Å². The monoisotopic (exact) mass is 355 g/mol. The first-order valence-corrected chi connectivity index (χ1v) is 7.57. The van der Waals surface area contributed by atoms with Crippen molar-refractivity contribution in [2.75, 3.05) is 31.9 Å². The van der Waals surface area contributed by atoms with Gasteiger partial charge in [0.25, 0.3) is 6.47 Å². The Morgan fingerprint density at radius 2 is 1.92 bits per heavy atom. The molecule has 10 nitrogen and oxygen atoms in total. The minimum Gasteiger partial charge on any atom is -0.462 e. The van der Waals surface area contributed by atoms with Crippen LogP contribution in [0.1, 0.15) is 20.8 Å². The molecule has 1 aromatic rings. The van der Waals surface area contributed by atoms with Crippen LogP contribution >= 0.6 is 0 Å². The lowest BCUT2D eigenvalue weighted by Crippen LogP contribution is -2.42. The molecule has 0 saturated carbocycles. The van der Waals surface area contributed by atoms with Crippen LogP contribution < -0.4 is 11.1 Å². The Kier molecular flexibility index (Phi) is 10.4. The van der Waals surface area contributed by atoms with Gasteiger partial charge in [-0.05, 0) is 36.7 Å². The Hall–Kier alpha value is -2.75. The number of carbonyl (C=O) groups is 2. The molecule has 0 spiro atoms. The van der Waals surface area contributed by atoms with E-state index in [4.69, 9.17) is 5.73 Å². The van der Waals surface area contributed by atoms with Crippen molar-refractivity contribution >= 4 is 24.4 Å². The average Bonchev–Trinajstić information content (AvgIpc) is 2.56. The summed E-state index contributed by atoms with van der Waals surface area (Å²) in [6, 6.07) is 2.69. The number of pyridine rings is 1. The van der Waals surface area contributed by atoms with Crippen LogP contribution in [-0.2, 0) is 14.3 Å². The molecule has 0 atom stereocenters. The summed E-state index contributed by atoms with van der Waals surface area (Å²) in [5.74, 6) is -0.186. The highest BCUT2D eigenvalue weighted by Gasteiger charge is 2.07. The summed E-state index contributed by atoms with van der Waals surface area (Å²) >= 11 is 0. The highest BCUT2D eigenvalue weighted by atomic mass is 16.6. The molecule has 0 radical (unpaired) electrons. The zero-order valence-electron chi connectivity index (χ0n) is 14.7. The molecule has 1 aliphatic rings. The maximum absolute atomic E-state index is 10.1. The summed E-state index contributed by atoms with van der Waals surface area (Å²) in [4.78, 5) is 34.3. The summed E-state index contributed by atoms with van der Waals surface area (Å²) in [6.45, 7) is 9.54. The third-order valence-corrected chi connectivity index (χ3v) is 2.66. The number of hydrogen-bond donors (Lipinski definition) is 2. The molecule has 1 saturated heterocycles. The van der Waals surface area contributed by atoms with Gasteiger partial charge in [-0.3, -0.25) is 9.59 Å². The van der Waals surface area contributed by atoms with Crippen LogP contribution in [0.15, 0.2) is 18.3 Å². The summed E-state index contributed by atoms with van der Waals surface area (Å²) in [6.07, 6.45) is 2.15. The third-order valence-electron chi connectivity index (χ3n) is 2.66. The fourth-order valence-electron chi connectivity index (χ4n) is 1.44. The number of hydrogen-bond acceptors (Lipinski definition) is 8. The van der Waals surface area contributed by atoms with Gasteiger partial charge in [-0.25, -0.2) is 0 Å². The smallest absolute Gasteiger partial charge is 0.363 e. The van der Waals surface area contributed by atoms with E-state index >= 15 is 0 Å². The number of piperazine rings is 1. The summed E-state index contributed by atoms with van der Waals surface area (Å²) in [7, 11) is 0. The average molecular weight is 355 g/mol. The van der Waals surface area contributed by atoms with Crippen molar-refractivity contribution in [2.45, 2.75) is 26.4 Å². The summed E-state index contributed by atoms with van der Waals surface area (Å²) in [5, 5.41) is 13.2. The van der Waals surface area contributed by atoms with Crippen LogP contribution in [0.25, 0.3) is 0 Å². The van der Waals surface area contributed by atoms with E-state index in [0.717, 1.165) is 32.6 Å². The number of carbonyl (C=O) groups excluding carboxylic acids is 2. The first-order chi connectivity index (χ1) is 11.7. The van der Waals surface area contributed by atoms with E-state index in [1.165, 1.54) is 18.3 Å². The van der Waals surface area contributed by atoms with Crippen molar-refractivity contribution in [3.8, 4) is 0 Å². The second kappa shape index (κ2) is 11.7. The van der Waals surface area contributed by atoms with Gasteiger partial charge < -0.3 is 30.8 Å². The second-order valence-corrected chi connectivity index (χ2v) is 5.92. The maximum atomic E-state index is 10.1. The fraction of sp³-hybridized carbons (Fsp3) is 0.533. The van der Waals surface area contributed by atoms with Gasteiger partial charge in [0, 0.05) is 32.2 Å². The van der Waals surface area contributed by atoms with Crippen LogP contribution in [0.2, 0.25) is 0 Å². The molecular formula is C15H25N5O5. The van der Waals surface area contributed by atoms with Gasteiger partial charge in [0.15, 0.2) is 6.20 Å². The Balaban J connectivity index is 0.000000353. The molecule has 1 aromatic heterocycles. The fourth-order valence-corrected chi connectivity index (χ4v) is 1.44. The number of ether oxygens (including phenoxy) is 1. The Bertz CT molecular complexity index is 524. The second-order valence-electron chi connectivity index (χ2n) is 5.92. The third kappa shape index (κ3) is 12.4. The van der Waals surface area contributed by atoms with Crippen LogP contribution in [0.5, 0.6) is 0 Å². The highest BCUT2D eigenvalue weighted by Crippen LogP contribution is 2.07. The van der Waals surface area contributed by atoms with Gasteiger partial charge in [-0.2, -0.15) is 0 Å². The number of aromatic nitrogens is 1. The Morgan fingerprint density at radius 3 is 2.20 bits per heavy atom. The Morgan fingerprint density at radius 1 is 1.32 bits per heavy atom. The first kappa shape index (κ1) is 22.2. The zero-order chi connectivity index (χ0) is 19.3. The van der Waals surface area contributed by atoms with Gasteiger partial charge in [0.2, 0.25) is 6.41 Å². The number of amides is 1. The van der Waals surface area contributed by atoms with Crippen molar-refractivity contribution in [1.82, 2.24) is 15.2 Å². The molecule has 0 unspecified atom stereocenters. The number of nitrogens with zero attached hydrogens (tertiary/aromatic N) is 3. The van der Waals surface area contributed by atoms with Crippen LogP contribution in [0, 0.1) is 10.1 Å².